The number of carbonyl (C=O) groups excluding carboxylic acids is 1. The van der Waals surface area contributed by atoms with Crippen LogP contribution in [0.1, 0.15) is 11.1 Å². The Balaban J connectivity index is 1.76. The Hall–Kier alpha value is -2.49. The number of benzene rings is 1. The number of anilines is 2. The van der Waals surface area contributed by atoms with E-state index in [9.17, 15) is 4.79 Å². The number of rotatable bonds is 5. The van der Waals surface area contributed by atoms with Crippen LogP contribution in [0.2, 0.25) is 5.02 Å². The lowest BCUT2D eigenvalue weighted by molar-refractivity contribution is -0.113. The van der Waals surface area contributed by atoms with Gasteiger partial charge in [-0.1, -0.05) is 35.5 Å². The van der Waals surface area contributed by atoms with E-state index in [-0.39, 0.29) is 0 Å². The molecule has 1 aromatic carbocycles. The number of primary amides is 1. The molecule has 2 aliphatic heterocycles. The molecule has 1 aromatic heterocycles. The number of aromatic nitrogens is 2. The van der Waals surface area contributed by atoms with Crippen molar-refractivity contribution in [1.29, 1.82) is 0 Å². The largest absolute Gasteiger partial charge is 0.378 e. The molecule has 4 N–H and O–H groups in total. The molecule has 3 heterocycles. The second-order valence-electron chi connectivity index (χ2n) is 6.69. The van der Waals surface area contributed by atoms with E-state index in [4.69, 9.17) is 22.1 Å². The molecule has 0 spiro atoms. The van der Waals surface area contributed by atoms with Crippen LogP contribution in [0.15, 0.2) is 41.7 Å². The van der Waals surface area contributed by atoms with E-state index in [0.29, 0.717) is 29.0 Å². The minimum Gasteiger partial charge on any atom is -0.378 e. The third-order valence-electron chi connectivity index (χ3n) is 4.77. The highest BCUT2D eigenvalue weighted by molar-refractivity contribution is 8.05. The Labute approximate surface area is 177 Å². The summed E-state index contributed by atoms with van der Waals surface area (Å²) in [7, 11) is 0. The molecule has 0 saturated carbocycles. The molecule has 8 nitrogen and oxygen atoms in total. The summed E-state index contributed by atoms with van der Waals surface area (Å²) >= 11 is 7.85. The monoisotopic (exact) mass is 432 g/mol. The van der Waals surface area contributed by atoms with E-state index in [0.717, 1.165) is 30.0 Å². The average Bonchev–Trinajstić information content (AvgIpc) is 3.14. The summed E-state index contributed by atoms with van der Waals surface area (Å²) in [5.41, 5.74) is 7.30. The van der Waals surface area contributed by atoms with Crippen molar-refractivity contribution in [3.8, 4) is 0 Å². The fourth-order valence-corrected chi connectivity index (χ4v) is 5.04. The second-order valence-corrected chi connectivity index (χ2v) is 8.35. The number of aryl methyl sites for hydroxylation is 1. The summed E-state index contributed by atoms with van der Waals surface area (Å²) in [4.78, 5) is 22.5. The summed E-state index contributed by atoms with van der Waals surface area (Å²) in [6, 6.07) is 5.67. The van der Waals surface area contributed by atoms with Gasteiger partial charge in [0.15, 0.2) is 16.6 Å². The fourth-order valence-electron chi connectivity index (χ4n) is 3.43. The molecule has 1 saturated heterocycles. The lowest BCUT2D eigenvalue weighted by Gasteiger charge is -2.35. The van der Waals surface area contributed by atoms with Gasteiger partial charge in [0.2, 0.25) is 0 Å². The zero-order chi connectivity index (χ0) is 20.4. The van der Waals surface area contributed by atoms with Gasteiger partial charge in [0, 0.05) is 42.3 Å². The molecule has 0 bridgehead atoms. The molecule has 1 fully saturated rings. The predicted octanol–water partition coefficient (Wildman–Crippen LogP) is 2.16. The summed E-state index contributed by atoms with van der Waals surface area (Å²) in [6.45, 7) is 4.67. The number of carbonyl (C=O) groups is 1. The number of nitrogens with one attached hydrogen (secondary N) is 2. The van der Waals surface area contributed by atoms with E-state index in [1.54, 1.807) is 18.6 Å². The molecule has 4 rings (SSSR count). The highest BCUT2D eigenvalue weighted by atomic mass is 35.5. The molecule has 1 unspecified atom stereocenters. The van der Waals surface area contributed by atoms with Crippen molar-refractivity contribution in [3.63, 3.8) is 0 Å². The number of halogens is 1. The molecular weight excluding hydrogens is 412 g/mol. The number of hydrogen-bond donors (Lipinski definition) is 3. The maximum atomic E-state index is 11.8. The van der Waals surface area contributed by atoms with Gasteiger partial charge in [-0.25, -0.2) is 9.97 Å². The Bertz CT molecular complexity index is 945. The van der Waals surface area contributed by atoms with E-state index in [2.05, 4.69) is 25.5 Å². The lowest BCUT2D eigenvalue weighted by atomic mass is 10.1. The topological polar surface area (TPSA) is 105 Å². The zero-order valence-electron chi connectivity index (χ0n) is 15.8. The van der Waals surface area contributed by atoms with Gasteiger partial charge in [-0.3, -0.25) is 4.79 Å². The summed E-state index contributed by atoms with van der Waals surface area (Å²) in [6.07, 6.45) is 4.89. The van der Waals surface area contributed by atoms with Crippen LogP contribution in [-0.4, -0.2) is 42.2 Å². The van der Waals surface area contributed by atoms with Crippen molar-refractivity contribution in [2.45, 2.75) is 11.9 Å². The number of ether oxygens (including phenoxy) is 1. The van der Waals surface area contributed by atoms with Crippen LogP contribution in [0, 0.1) is 6.92 Å². The number of amides is 1. The normalized spacial score (nSPS) is 21.4. The van der Waals surface area contributed by atoms with E-state index in [1.807, 2.05) is 25.1 Å². The summed E-state index contributed by atoms with van der Waals surface area (Å²) in [5.74, 6) is 0.783. The van der Waals surface area contributed by atoms with Gasteiger partial charge in [-0.2, -0.15) is 0 Å². The molecule has 0 radical (unpaired) electrons. The van der Waals surface area contributed by atoms with Crippen LogP contribution >= 0.6 is 23.4 Å². The maximum absolute atomic E-state index is 11.8. The first-order valence-electron chi connectivity index (χ1n) is 9.14. The second kappa shape index (κ2) is 8.10. The van der Waals surface area contributed by atoms with Crippen molar-refractivity contribution < 1.29 is 9.53 Å². The minimum absolute atomic E-state index is 0.397. The summed E-state index contributed by atoms with van der Waals surface area (Å²) < 4.78 is 5.45. The zero-order valence-corrected chi connectivity index (χ0v) is 17.4. The van der Waals surface area contributed by atoms with Crippen molar-refractivity contribution in [2.24, 2.45) is 5.73 Å². The van der Waals surface area contributed by atoms with Gasteiger partial charge in [0.25, 0.3) is 5.91 Å². The Morgan fingerprint density at radius 1 is 1.34 bits per heavy atom. The molecule has 2 aliphatic rings. The molecule has 0 aliphatic carbocycles. The van der Waals surface area contributed by atoms with Crippen molar-refractivity contribution in [2.75, 3.05) is 36.5 Å². The number of hydrogen-bond acceptors (Lipinski definition) is 8. The first-order valence-corrected chi connectivity index (χ1v) is 10.3. The van der Waals surface area contributed by atoms with E-state index in [1.165, 1.54) is 11.8 Å². The SMILES string of the molecule is Cc1cccc(Cl)c1C1(Nc2nccnc2N2CCOCC2)NC=C(C(N)=O)S1. The molecule has 10 heteroatoms. The standard InChI is InChI=1S/C19H21ClN6O2S/c1-12-3-2-4-13(20)15(12)19(24-11-14(29-19)16(21)27)25-17-18(23-6-5-22-17)26-7-9-28-10-8-26/h2-6,11,24H,7-10H2,1H3,(H2,21,27)(H,22,25). The van der Waals surface area contributed by atoms with Crippen LogP contribution in [0.25, 0.3) is 0 Å². The van der Waals surface area contributed by atoms with E-state index < -0.39 is 10.9 Å². The number of nitrogens with zero attached hydrogens (tertiary/aromatic N) is 3. The average molecular weight is 433 g/mol. The first-order chi connectivity index (χ1) is 14.0. The van der Waals surface area contributed by atoms with Crippen LogP contribution < -0.4 is 21.3 Å². The van der Waals surface area contributed by atoms with Crippen LogP contribution in [0.4, 0.5) is 11.6 Å². The predicted molar refractivity (Wildman–Crippen MR) is 115 cm³/mol. The molecular formula is C19H21ClN6O2S. The fraction of sp³-hybridized carbons (Fsp3) is 0.316. The Morgan fingerprint density at radius 3 is 2.79 bits per heavy atom. The smallest absolute Gasteiger partial charge is 0.256 e. The van der Waals surface area contributed by atoms with Gasteiger partial charge in [-0.15, -0.1) is 0 Å². The molecule has 152 valence electrons. The molecule has 29 heavy (non-hydrogen) atoms. The van der Waals surface area contributed by atoms with Crippen molar-refractivity contribution in [1.82, 2.24) is 15.3 Å². The minimum atomic E-state index is -0.955. The highest BCUT2D eigenvalue weighted by Gasteiger charge is 2.42. The van der Waals surface area contributed by atoms with Gasteiger partial charge in [-0.05, 0) is 18.6 Å². The third-order valence-corrected chi connectivity index (χ3v) is 6.35. The molecule has 1 amide bonds. The van der Waals surface area contributed by atoms with Crippen LogP contribution in [0.3, 0.4) is 0 Å². The van der Waals surface area contributed by atoms with Gasteiger partial charge in [0.1, 0.15) is 0 Å². The highest BCUT2D eigenvalue weighted by Crippen LogP contribution is 2.47. The maximum Gasteiger partial charge on any atom is 0.256 e. The van der Waals surface area contributed by atoms with Crippen molar-refractivity contribution >= 4 is 40.9 Å². The first kappa shape index (κ1) is 19.8. The molecule has 1 atom stereocenters. The Kier molecular flexibility index (Phi) is 5.53. The van der Waals surface area contributed by atoms with Crippen molar-refractivity contribution in [3.05, 3.63) is 57.8 Å². The number of morpholine rings is 1. The Morgan fingerprint density at radius 2 is 2.10 bits per heavy atom. The molecule has 2 aromatic rings. The van der Waals surface area contributed by atoms with Crippen LogP contribution in [-0.2, 0) is 14.5 Å². The third kappa shape index (κ3) is 3.85. The number of thioether (sulfide) groups is 1. The van der Waals surface area contributed by atoms with Gasteiger partial charge >= 0.3 is 0 Å². The lowest BCUT2D eigenvalue weighted by Crippen LogP contribution is -2.43. The van der Waals surface area contributed by atoms with Gasteiger partial charge in [0.05, 0.1) is 18.1 Å². The van der Waals surface area contributed by atoms with E-state index >= 15 is 0 Å². The number of nitrogens with two attached hydrogens (primary N) is 1. The summed E-state index contributed by atoms with van der Waals surface area (Å²) in [5, 5.41) is 7.29. The van der Waals surface area contributed by atoms with Crippen LogP contribution in [0.5, 0.6) is 0 Å². The van der Waals surface area contributed by atoms with Gasteiger partial charge < -0.3 is 26.0 Å². The quantitative estimate of drug-likeness (QED) is 0.660.